The number of rotatable bonds is 5. The number of carbonyl (C=O) groups excluding carboxylic acids is 2. The van der Waals surface area contributed by atoms with Gasteiger partial charge in [0.2, 0.25) is 11.8 Å². The molecule has 25 heavy (non-hydrogen) atoms. The van der Waals surface area contributed by atoms with E-state index < -0.39 is 0 Å². The summed E-state index contributed by atoms with van der Waals surface area (Å²) >= 11 is 0. The number of benzene rings is 1. The van der Waals surface area contributed by atoms with E-state index in [4.69, 9.17) is 0 Å². The number of hydrogen-bond donors (Lipinski definition) is 1. The molecule has 0 saturated heterocycles. The molecule has 0 aliphatic heterocycles. The van der Waals surface area contributed by atoms with Crippen molar-refractivity contribution in [3.05, 3.63) is 59.9 Å². The Morgan fingerprint density at radius 2 is 1.76 bits per heavy atom. The van der Waals surface area contributed by atoms with E-state index >= 15 is 0 Å². The third-order valence-electron chi connectivity index (χ3n) is 3.88. The van der Waals surface area contributed by atoms with Crippen molar-refractivity contribution in [2.75, 3.05) is 11.4 Å². The number of amides is 2. The van der Waals surface area contributed by atoms with E-state index in [2.05, 4.69) is 31.1 Å². The first-order valence-corrected chi connectivity index (χ1v) is 8.33. The first-order valence-electron chi connectivity index (χ1n) is 8.33. The summed E-state index contributed by atoms with van der Waals surface area (Å²) in [5, 5.41) is 2.82. The molecule has 1 aromatic carbocycles. The first kappa shape index (κ1) is 18.6. The third-order valence-corrected chi connectivity index (χ3v) is 3.88. The molecule has 0 saturated carbocycles. The van der Waals surface area contributed by atoms with Crippen LogP contribution in [0.1, 0.15) is 39.0 Å². The summed E-state index contributed by atoms with van der Waals surface area (Å²) in [6, 6.07) is 13.3. The zero-order chi connectivity index (χ0) is 18.4. The Labute approximate surface area is 149 Å². The van der Waals surface area contributed by atoms with Crippen LogP contribution in [-0.4, -0.2) is 23.3 Å². The van der Waals surface area contributed by atoms with Gasteiger partial charge in [-0.05, 0) is 29.2 Å². The van der Waals surface area contributed by atoms with Gasteiger partial charge in [0, 0.05) is 18.8 Å². The van der Waals surface area contributed by atoms with Crippen LogP contribution in [0, 0.1) is 0 Å². The van der Waals surface area contributed by atoms with Gasteiger partial charge in [0.15, 0.2) is 0 Å². The molecule has 1 N–H and O–H groups in total. The summed E-state index contributed by atoms with van der Waals surface area (Å²) in [5.74, 6) is -0.380. The fourth-order valence-corrected chi connectivity index (χ4v) is 2.60. The van der Waals surface area contributed by atoms with Gasteiger partial charge in [-0.25, -0.2) is 0 Å². The fraction of sp³-hybridized carbons (Fsp3) is 0.350. The largest absolute Gasteiger partial charge is 0.349 e. The van der Waals surface area contributed by atoms with Crippen LogP contribution in [0.5, 0.6) is 0 Å². The monoisotopic (exact) mass is 339 g/mol. The van der Waals surface area contributed by atoms with E-state index in [-0.39, 0.29) is 23.8 Å². The predicted octanol–water partition coefficient (Wildman–Crippen LogP) is 3.05. The van der Waals surface area contributed by atoms with Crippen LogP contribution in [0.3, 0.4) is 0 Å². The van der Waals surface area contributed by atoms with Crippen LogP contribution in [0.25, 0.3) is 0 Å². The van der Waals surface area contributed by atoms with Crippen LogP contribution in [0.15, 0.2) is 48.7 Å². The van der Waals surface area contributed by atoms with Gasteiger partial charge in [-0.3, -0.25) is 14.6 Å². The molecule has 2 amide bonds. The number of carbonyl (C=O) groups is 2. The number of nitrogens with one attached hydrogen (secondary N) is 1. The minimum atomic E-state index is -0.218. The van der Waals surface area contributed by atoms with Gasteiger partial charge in [-0.1, -0.05) is 45.0 Å². The predicted molar refractivity (Wildman–Crippen MR) is 99.3 cm³/mol. The first-order chi connectivity index (χ1) is 11.8. The molecule has 5 heteroatoms. The van der Waals surface area contributed by atoms with Crippen LogP contribution in [0.4, 0.5) is 5.69 Å². The number of nitrogens with zero attached hydrogens (tertiary/aromatic N) is 2. The van der Waals surface area contributed by atoms with Crippen molar-refractivity contribution in [2.45, 2.75) is 39.7 Å². The quantitative estimate of drug-likeness (QED) is 0.911. The maximum Gasteiger partial charge on any atom is 0.240 e. The standard InChI is InChI=1S/C20H25N3O2/c1-15(24)23(18-11-6-5-10-17(18)20(2,3)4)14-19(25)22-13-16-9-7-8-12-21-16/h5-12H,13-14H2,1-4H3,(H,22,25). The van der Waals surface area contributed by atoms with Crippen molar-refractivity contribution in [1.82, 2.24) is 10.3 Å². The van der Waals surface area contributed by atoms with E-state index in [1.54, 1.807) is 6.20 Å². The molecule has 5 nitrogen and oxygen atoms in total. The van der Waals surface area contributed by atoms with E-state index in [9.17, 15) is 9.59 Å². The molecule has 1 heterocycles. The molecule has 132 valence electrons. The summed E-state index contributed by atoms with van der Waals surface area (Å²) < 4.78 is 0. The average molecular weight is 339 g/mol. The molecule has 0 spiro atoms. The maximum absolute atomic E-state index is 12.3. The zero-order valence-electron chi connectivity index (χ0n) is 15.2. The summed E-state index contributed by atoms with van der Waals surface area (Å²) in [6.07, 6.45) is 1.68. The topological polar surface area (TPSA) is 62.3 Å². The Balaban J connectivity index is 2.14. The van der Waals surface area contributed by atoms with Crippen LogP contribution in [-0.2, 0) is 21.5 Å². The second-order valence-corrected chi connectivity index (χ2v) is 6.97. The molecule has 0 atom stereocenters. The van der Waals surface area contributed by atoms with E-state index in [1.807, 2.05) is 42.5 Å². The van der Waals surface area contributed by atoms with Crippen molar-refractivity contribution < 1.29 is 9.59 Å². The Bertz CT molecular complexity index is 736. The molecule has 0 unspecified atom stereocenters. The highest BCUT2D eigenvalue weighted by Crippen LogP contribution is 2.31. The highest BCUT2D eigenvalue weighted by Gasteiger charge is 2.24. The van der Waals surface area contributed by atoms with Crippen molar-refractivity contribution in [3.8, 4) is 0 Å². The normalized spacial score (nSPS) is 11.0. The molecular weight excluding hydrogens is 314 g/mol. The average Bonchev–Trinajstić information content (AvgIpc) is 2.58. The summed E-state index contributed by atoms with van der Waals surface area (Å²) in [6.45, 7) is 8.06. The van der Waals surface area contributed by atoms with Crippen molar-refractivity contribution in [2.24, 2.45) is 0 Å². The third kappa shape index (κ3) is 5.14. The van der Waals surface area contributed by atoms with Gasteiger partial charge in [-0.2, -0.15) is 0 Å². The van der Waals surface area contributed by atoms with E-state index in [1.165, 1.54) is 11.8 Å². The van der Waals surface area contributed by atoms with E-state index in [0.717, 1.165) is 16.9 Å². The maximum atomic E-state index is 12.3. The van der Waals surface area contributed by atoms with Gasteiger partial charge in [0.25, 0.3) is 0 Å². The Kier molecular flexibility index (Phi) is 5.91. The molecule has 0 aliphatic carbocycles. The van der Waals surface area contributed by atoms with Gasteiger partial charge in [0.1, 0.15) is 6.54 Å². The molecule has 0 radical (unpaired) electrons. The number of hydrogen-bond acceptors (Lipinski definition) is 3. The summed E-state index contributed by atoms with van der Waals surface area (Å²) in [4.78, 5) is 30.2. The van der Waals surface area contributed by atoms with Gasteiger partial charge in [-0.15, -0.1) is 0 Å². The summed E-state index contributed by atoms with van der Waals surface area (Å²) in [7, 11) is 0. The van der Waals surface area contributed by atoms with Gasteiger partial charge in [0.05, 0.1) is 12.2 Å². The lowest BCUT2D eigenvalue weighted by Gasteiger charge is -2.29. The number of pyridine rings is 1. The lowest BCUT2D eigenvalue weighted by atomic mass is 9.85. The molecule has 2 aromatic rings. The second kappa shape index (κ2) is 7.92. The second-order valence-electron chi connectivity index (χ2n) is 6.97. The highest BCUT2D eigenvalue weighted by atomic mass is 16.2. The minimum Gasteiger partial charge on any atom is -0.349 e. The van der Waals surface area contributed by atoms with Crippen LogP contribution in [0.2, 0.25) is 0 Å². The van der Waals surface area contributed by atoms with Gasteiger partial charge < -0.3 is 10.2 Å². The number of anilines is 1. The smallest absolute Gasteiger partial charge is 0.240 e. The minimum absolute atomic E-state index is 0.0186. The molecular formula is C20H25N3O2. The van der Waals surface area contributed by atoms with Gasteiger partial charge >= 0.3 is 0 Å². The Hall–Kier alpha value is -2.69. The molecule has 0 bridgehead atoms. The zero-order valence-corrected chi connectivity index (χ0v) is 15.2. The lowest BCUT2D eigenvalue weighted by molar-refractivity contribution is -0.123. The number of aromatic nitrogens is 1. The van der Waals surface area contributed by atoms with Crippen molar-refractivity contribution >= 4 is 17.5 Å². The Morgan fingerprint density at radius 1 is 1.08 bits per heavy atom. The summed E-state index contributed by atoms with van der Waals surface area (Å²) in [5.41, 5.74) is 2.45. The lowest BCUT2D eigenvalue weighted by Crippen LogP contribution is -2.40. The molecule has 2 rings (SSSR count). The fourth-order valence-electron chi connectivity index (χ4n) is 2.60. The van der Waals surface area contributed by atoms with E-state index in [0.29, 0.717) is 6.54 Å². The Morgan fingerprint density at radius 3 is 2.36 bits per heavy atom. The van der Waals surface area contributed by atoms with Crippen molar-refractivity contribution in [1.29, 1.82) is 0 Å². The number of para-hydroxylation sites is 1. The SMILES string of the molecule is CC(=O)N(CC(=O)NCc1ccccn1)c1ccccc1C(C)(C)C. The highest BCUT2D eigenvalue weighted by molar-refractivity contribution is 5.98. The molecule has 0 fully saturated rings. The van der Waals surface area contributed by atoms with Crippen molar-refractivity contribution in [3.63, 3.8) is 0 Å². The van der Waals surface area contributed by atoms with Crippen LogP contribution >= 0.6 is 0 Å². The van der Waals surface area contributed by atoms with Crippen LogP contribution < -0.4 is 10.2 Å². The molecule has 0 aliphatic rings. The molecule has 1 aromatic heterocycles.